The van der Waals surface area contributed by atoms with Gasteiger partial charge < -0.3 is 4.74 Å². The van der Waals surface area contributed by atoms with Gasteiger partial charge in [-0.2, -0.15) is 13.2 Å². The number of esters is 1. The summed E-state index contributed by atoms with van der Waals surface area (Å²) in [6, 6.07) is 11.9. The SMILES string of the molecule is Cc1ccccc1C1=N/C(=C/c2cccc(C(F)(F)F)c2)C(=O)O1. The van der Waals surface area contributed by atoms with Gasteiger partial charge in [0.25, 0.3) is 0 Å². The Hall–Kier alpha value is -2.89. The van der Waals surface area contributed by atoms with E-state index in [4.69, 9.17) is 4.74 Å². The van der Waals surface area contributed by atoms with Crippen LogP contribution in [0.25, 0.3) is 6.08 Å². The van der Waals surface area contributed by atoms with Crippen LogP contribution in [0.5, 0.6) is 0 Å². The molecule has 0 spiro atoms. The third-order valence-electron chi connectivity index (χ3n) is 3.51. The number of alkyl halides is 3. The minimum absolute atomic E-state index is 0.0347. The Kier molecular flexibility index (Phi) is 3.97. The van der Waals surface area contributed by atoms with Crippen molar-refractivity contribution in [1.29, 1.82) is 0 Å². The molecular formula is C18H12F3NO2. The maximum atomic E-state index is 12.7. The lowest BCUT2D eigenvalue weighted by atomic mass is 10.1. The van der Waals surface area contributed by atoms with E-state index in [2.05, 4.69) is 4.99 Å². The fourth-order valence-corrected chi connectivity index (χ4v) is 2.30. The summed E-state index contributed by atoms with van der Waals surface area (Å²) in [6.07, 6.45) is -3.16. The molecule has 0 radical (unpaired) electrons. The first kappa shape index (κ1) is 16.0. The van der Waals surface area contributed by atoms with Crippen molar-refractivity contribution in [2.45, 2.75) is 13.1 Å². The number of rotatable bonds is 2. The number of ether oxygens (including phenoxy) is 1. The molecule has 3 rings (SSSR count). The predicted molar refractivity (Wildman–Crippen MR) is 83.2 cm³/mol. The molecule has 3 nitrogen and oxygen atoms in total. The third kappa shape index (κ3) is 3.22. The van der Waals surface area contributed by atoms with Crippen molar-refractivity contribution in [3.05, 3.63) is 76.5 Å². The van der Waals surface area contributed by atoms with Crippen LogP contribution in [0.3, 0.4) is 0 Å². The Labute approximate surface area is 136 Å². The maximum Gasteiger partial charge on any atom is 0.416 e. The standard InChI is InChI=1S/C18H12F3NO2/c1-11-5-2-3-8-14(11)16-22-15(17(23)24-16)10-12-6-4-7-13(9-12)18(19,20)21/h2-10H,1H3/b15-10+. The highest BCUT2D eigenvalue weighted by Crippen LogP contribution is 2.30. The van der Waals surface area contributed by atoms with Crippen LogP contribution in [0.1, 0.15) is 22.3 Å². The summed E-state index contributed by atoms with van der Waals surface area (Å²) in [4.78, 5) is 16.0. The zero-order chi connectivity index (χ0) is 17.3. The summed E-state index contributed by atoms with van der Waals surface area (Å²) >= 11 is 0. The molecule has 6 heteroatoms. The van der Waals surface area contributed by atoms with Gasteiger partial charge in [0.1, 0.15) is 0 Å². The summed E-state index contributed by atoms with van der Waals surface area (Å²) in [7, 11) is 0. The smallest absolute Gasteiger partial charge is 0.402 e. The van der Waals surface area contributed by atoms with Gasteiger partial charge in [-0.15, -0.1) is 0 Å². The monoisotopic (exact) mass is 331 g/mol. The number of benzene rings is 2. The molecule has 2 aromatic rings. The van der Waals surface area contributed by atoms with Gasteiger partial charge in [0.05, 0.1) is 5.56 Å². The zero-order valence-corrected chi connectivity index (χ0v) is 12.6. The van der Waals surface area contributed by atoms with Crippen LogP contribution in [-0.4, -0.2) is 11.9 Å². The van der Waals surface area contributed by atoms with Crippen LogP contribution >= 0.6 is 0 Å². The van der Waals surface area contributed by atoms with E-state index >= 15 is 0 Å². The van der Waals surface area contributed by atoms with Crippen molar-refractivity contribution in [3.63, 3.8) is 0 Å². The normalized spacial score (nSPS) is 16.2. The number of aliphatic imine (C=N–C) groups is 1. The van der Waals surface area contributed by atoms with Gasteiger partial charge in [0.15, 0.2) is 5.70 Å². The second-order valence-electron chi connectivity index (χ2n) is 5.27. The number of halogens is 3. The topological polar surface area (TPSA) is 38.7 Å². The Morgan fingerprint density at radius 1 is 1.08 bits per heavy atom. The largest absolute Gasteiger partial charge is 0.416 e. The average molecular weight is 331 g/mol. The van der Waals surface area contributed by atoms with Crippen molar-refractivity contribution in [2.75, 3.05) is 0 Å². The molecule has 1 aliphatic heterocycles. The van der Waals surface area contributed by atoms with Crippen molar-refractivity contribution in [1.82, 2.24) is 0 Å². The van der Waals surface area contributed by atoms with Gasteiger partial charge in [-0.1, -0.05) is 30.3 Å². The third-order valence-corrected chi connectivity index (χ3v) is 3.51. The summed E-state index contributed by atoms with van der Waals surface area (Å²) in [5.74, 6) is -0.540. The Balaban J connectivity index is 1.96. The van der Waals surface area contributed by atoms with Crippen LogP contribution in [0.2, 0.25) is 0 Å². The fraction of sp³-hybridized carbons (Fsp3) is 0.111. The minimum atomic E-state index is -4.44. The summed E-state index contributed by atoms with van der Waals surface area (Å²) in [6.45, 7) is 1.85. The number of hydrogen-bond acceptors (Lipinski definition) is 3. The van der Waals surface area contributed by atoms with Gasteiger partial charge in [-0.05, 0) is 42.3 Å². The molecule has 0 fully saturated rings. The maximum absolute atomic E-state index is 12.7. The van der Waals surface area contributed by atoms with E-state index < -0.39 is 17.7 Å². The molecule has 0 aliphatic carbocycles. The van der Waals surface area contributed by atoms with E-state index in [1.807, 2.05) is 19.1 Å². The fourth-order valence-electron chi connectivity index (χ4n) is 2.30. The number of carbonyl (C=O) groups is 1. The molecular weight excluding hydrogens is 319 g/mol. The van der Waals surface area contributed by atoms with Gasteiger partial charge in [0.2, 0.25) is 5.90 Å². The number of nitrogens with zero attached hydrogens (tertiary/aromatic N) is 1. The van der Waals surface area contributed by atoms with E-state index in [1.54, 1.807) is 12.1 Å². The highest BCUT2D eigenvalue weighted by molar-refractivity contribution is 6.13. The molecule has 2 aromatic carbocycles. The lowest BCUT2D eigenvalue weighted by Crippen LogP contribution is -2.06. The minimum Gasteiger partial charge on any atom is -0.402 e. The average Bonchev–Trinajstić information content (AvgIpc) is 2.88. The predicted octanol–water partition coefficient (Wildman–Crippen LogP) is 4.36. The molecule has 0 aromatic heterocycles. The van der Waals surface area contributed by atoms with Crippen molar-refractivity contribution in [2.24, 2.45) is 4.99 Å². The second-order valence-corrected chi connectivity index (χ2v) is 5.27. The van der Waals surface area contributed by atoms with E-state index in [0.29, 0.717) is 5.56 Å². The van der Waals surface area contributed by atoms with Crippen molar-refractivity contribution >= 4 is 17.9 Å². The second kappa shape index (κ2) is 5.96. The van der Waals surface area contributed by atoms with Gasteiger partial charge >= 0.3 is 12.1 Å². The van der Waals surface area contributed by atoms with Crippen LogP contribution in [0.15, 0.2) is 59.2 Å². The lowest BCUT2D eigenvalue weighted by molar-refractivity contribution is -0.137. The Bertz CT molecular complexity index is 867. The Morgan fingerprint density at radius 2 is 1.83 bits per heavy atom. The number of cyclic esters (lactones) is 1. The summed E-state index contributed by atoms with van der Waals surface area (Å²) in [5, 5.41) is 0. The molecule has 24 heavy (non-hydrogen) atoms. The highest BCUT2D eigenvalue weighted by Gasteiger charge is 2.30. The number of carbonyl (C=O) groups excluding carboxylic acids is 1. The summed E-state index contributed by atoms with van der Waals surface area (Å²) < 4.78 is 43.4. The quantitative estimate of drug-likeness (QED) is 0.606. The number of aryl methyl sites for hydroxylation is 1. The van der Waals surface area contributed by atoms with Crippen LogP contribution in [0, 0.1) is 6.92 Å². The molecule has 0 bridgehead atoms. The molecule has 0 unspecified atom stereocenters. The molecule has 0 amide bonds. The van der Waals surface area contributed by atoms with Crippen LogP contribution in [-0.2, 0) is 15.7 Å². The lowest BCUT2D eigenvalue weighted by Gasteiger charge is -2.06. The molecule has 0 atom stereocenters. The Morgan fingerprint density at radius 3 is 2.54 bits per heavy atom. The highest BCUT2D eigenvalue weighted by atomic mass is 19.4. The van der Waals surface area contributed by atoms with Crippen LogP contribution in [0.4, 0.5) is 13.2 Å². The van der Waals surface area contributed by atoms with Gasteiger partial charge in [-0.25, -0.2) is 9.79 Å². The molecule has 1 heterocycles. The van der Waals surface area contributed by atoms with E-state index in [1.165, 1.54) is 18.2 Å². The van der Waals surface area contributed by atoms with Crippen molar-refractivity contribution < 1.29 is 22.7 Å². The van der Waals surface area contributed by atoms with E-state index in [9.17, 15) is 18.0 Å². The van der Waals surface area contributed by atoms with Crippen LogP contribution < -0.4 is 0 Å². The zero-order valence-electron chi connectivity index (χ0n) is 12.6. The number of hydrogen-bond donors (Lipinski definition) is 0. The first-order valence-electron chi connectivity index (χ1n) is 7.10. The molecule has 0 saturated carbocycles. The van der Waals surface area contributed by atoms with E-state index in [-0.39, 0.29) is 17.2 Å². The van der Waals surface area contributed by atoms with Gasteiger partial charge in [-0.3, -0.25) is 0 Å². The molecule has 0 N–H and O–H groups in total. The molecule has 1 aliphatic rings. The first-order valence-corrected chi connectivity index (χ1v) is 7.10. The van der Waals surface area contributed by atoms with Crippen molar-refractivity contribution in [3.8, 4) is 0 Å². The first-order chi connectivity index (χ1) is 11.3. The van der Waals surface area contributed by atoms with E-state index in [0.717, 1.165) is 17.7 Å². The van der Waals surface area contributed by atoms with Gasteiger partial charge in [0, 0.05) is 5.56 Å². The summed E-state index contributed by atoms with van der Waals surface area (Å²) in [5.41, 5.74) is 0.952. The molecule has 122 valence electrons. The molecule has 0 saturated heterocycles.